The molecular weight excluding hydrogens is 399 g/mol. The molecule has 3 aliphatic heterocycles. The zero-order chi connectivity index (χ0) is 21.7. The Labute approximate surface area is 174 Å². The Morgan fingerprint density at radius 2 is 2.13 bits per heavy atom. The van der Waals surface area contributed by atoms with Crippen molar-refractivity contribution in [1.82, 2.24) is 25.8 Å². The van der Waals surface area contributed by atoms with Gasteiger partial charge in [0.15, 0.2) is 0 Å². The predicted octanol–water partition coefficient (Wildman–Crippen LogP) is 1.69. The topological polar surface area (TPSA) is 79.9 Å². The summed E-state index contributed by atoms with van der Waals surface area (Å²) in [5, 5.41) is 19.1. The third-order valence-corrected chi connectivity index (χ3v) is 6.90. The van der Waals surface area contributed by atoms with Crippen LogP contribution in [0.4, 0.5) is 18.0 Å². The van der Waals surface area contributed by atoms with Gasteiger partial charge in [-0.05, 0) is 38.7 Å². The lowest BCUT2D eigenvalue weighted by atomic mass is 9.74. The van der Waals surface area contributed by atoms with Crippen molar-refractivity contribution in [3.63, 3.8) is 0 Å². The fraction of sp³-hybridized carbons (Fsp3) is 0.750. The van der Waals surface area contributed by atoms with Crippen LogP contribution in [0.1, 0.15) is 33.1 Å². The number of carbonyl (C=O) groups is 1. The molecule has 3 heterocycles. The summed E-state index contributed by atoms with van der Waals surface area (Å²) in [6.07, 6.45) is -0.961. The summed E-state index contributed by atoms with van der Waals surface area (Å²) in [7, 11) is 0. The zero-order valence-electron chi connectivity index (χ0n) is 17.3. The molecule has 0 radical (unpaired) electrons. The lowest BCUT2D eigenvalue weighted by Gasteiger charge is -2.33. The van der Waals surface area contributed by atoms with Crippen LogP contribution in [0.25, 0.3) is 0 Å². The lowest BCUT2D eigenvalue weighted by Crippen LogP contribution is -2.49. The molecule has 0 aromatic heterocycles. The second-order valence-corrected chi connectivity index (χ2v) is 9.06. The summed E-state index contributed by atoms with van der Waals surface area (Å²) in [5.41, 5.74) is 0.177. The first-order valence-electron chi connectivity index (χ1n) is 10.6. The van der Waals surface area contributed by atoms with E-state index in [0.717, 1.165) is 0 Å². The Morgan fingerprint density at radius 1 is 1.37 bits per heavy atom. The van der Waals surface area contributed by atoms with E-state index < -0.39 is 23.7 Å². The molecule has 4 unspecified atom stereocenters. The van der Waals surface area contributed by atoms with Gasteiger partial charge in [-0.15, -0.1) is 0 Å². The van der Waals surface area contributed by atoms with Crippen molar-refractivity contribution in [2.24, 2.45) is 11.3 Å². The lowest BCUT2D eigenvalue weighted by molar-refractivity contribution is -0.164. The SMILES string of the molecule is CC1CNC(NC(=O)N2CC3(CCN(C(C)O)C3)C3=CC(C(F)(F)F)CC[C@@H]32)=CN1. The quantitative estimate of drug-likeness (QED) is 0.503. The normalized spacial score (nSPS) is 35.3. The monoisotopic (exact) mass is 429 g/mol. The molecule has 1 spiro atoms. The molecule has 0 bridgehead atoms. The molecule has 4 N–H and O–H groups in total. The predicted molar refractivity (Wildman–Crippen MR) is 105 cm³/mol. The molecule has 0 aromatic rings. The van der Waals surface area contributed by atoms with Gasteiger partial charge in [-0.3, -0.25) is 10.2 Å². The number of urea groups is 1. The van der Waals surface area contributed by atoms with Crippen molar-refractivity contribution >= 4 is 6.03 Å². The first kappa shape index (κ1) is 21.3. The molecule has 30 heavy (non-hydrogen) atoms. The van der Waals surface area contributed by atoms with E-state index in [1.54, 1.807) is 18.0 Å². The fourth-order valence-electron chi connectivity index (χ4n) is 5.21. The van der Waals surface area contributed by atoms with Crippen LogP contribution in [0.2, 0.25) is 0 Å². The van der Waals surface area contributed by atoms with Gasteiger partial charge < -0.3 is 20.6 Å². The number of amides is 2. The van der Waals surface area contributed by atoms with E-state index in [4.69, 9.17) is 0 Å². The van der Waals surface area contributed by atoms with E-state index in [0.29, 0.717) is 50.4 Å². The number of nitrogens with one attached hydrogen (secondary N) is 3. The van der Waals surface area contributed by atoms with Gasteiger partial charge in [-0.1, -0.05) is 6.08 Å². The molecule has 2 fully saturated rings. The highest BCUT2D eigenvalue weighted by molar-refractivity contribution is 5.78. The van der Waals surface area contributed by atoms with Crippen LogP contribution in [-0.4, -0.2) is 71.6 Å². The first-order chi connectivity index (χ1) is 14.1. The smallest absolute Gasteiger partial charge is 0.384 e. The number of likely N-dealkylation sites (tertiary alicyclic amines) is 2. The second kappa shape index (κ2) is 7.64. The number of allylic oxidation sites excluding steroid dienone is 1. The van der Waals surface area contributed by atoms with E-state index in [1.807, 2.05) is 11.8 Å². The highest BCUT2D eigenvalue weighted by Gasteiger charge is 2.56. The second-order valence-electron chi connectivity index (χ2n) is 9.06. The zero-order valence-corrected chi connectivity index (χ0v) is 17.3. The van der Waals surface area contributed by atoms with Crippen molar-refractivity contribution in [2.75, 3.05) is 26.2 Å². The number of carbonyl (C=O) groups excluding carboxylic acids is 1. The highest BCUT2D eigenvalue weighted by atomic mass is 19.4. The third-order valence-electron chi connectivity index (χ3n) is 6.90. The molecule has 4 aliphatic rings. The van der Waals surface area contributed by atoms with E-state index in [9.17, 15) is 23.1 Å². The summed E-state index contributed by atoms with van der Waals surface area (Å²) in [6, 6.07) is -0.398. The molecule has 2 amide bonds. The molecule has 0 aromatic carbocycles. The largest absolute Gasteiger partial charge is 0.395 e. The molecule has 2 saturated heterocycles. The van der Waals surface area contributed by atoms with Gasteiger partial charge in [0, 0.05) is 43.8 Å². The molecule has 0 saturated carbocycles. The van der Waals surface area contributed by atoms with Crippen molar-refractivity contribution in [3.8, 4) is 0 Å². The minimum Gasteiger partial charge on any atom is -0.384 e. The van der Waals surface area contributed by atoms with Crippen molar-refractivity contribution in [3.05, 3.63) is 23.7 Å². The Bertz CT molecular complexity index is 753. The van der Waals surface area contributed by atoms with Crippen LogP contribution >= 0.6 is 0 Å². The van der Waals surface area contributed by atoms with Gasteiger partial charge in [0.25, 0.3) is 0 Å². The molecule has 1 aliphatic carbocycles. The molecule has 7 nitrogen and oxygen atoms in total. The van der Waals surface area contributed by atoms with Gasteiger partial charge >= 0.3 is 12.2 Å². The van der Waals surface area contributed by atoms with E-state index >= 15 is 0 Å². The summed E-state index contributed by atoms with van der Waals surface area (Å²) in [6.45, 7) is 5.76. The van der Waals surface area contributed by atoms with Crippen molar-refractivity contribution in [1.29, 1.82) is 0 Å². The maximum Gasteiger partial charge on any atom is 0.395 e. The van der Waals surface area contributed by atoms with E-state index in [2.05, 4.69) is 16.0 Å². The molecular formula is C20H30F3N5O2. The number of aliphatic hydroxyl groups is 1. The van der Waals surface area contributed by atoms with Gasteiger partial charge in [0.2, 0.25) is 0 Å². The molecule has 4 rings (SSSR count). The summed E-state index contributed by atoms with van der Waals surface area (Å²) < 4.78 is 40.4. The maximum absolute atomic E-state index is 13.5. The van der Waals surface area contributed by atoms with Gasteiger partial charge in [-0.2, -0.15) is 13.2 Å². The van der Waals surface area contributed by atoms with Crippen LogP contribution in [0, 0.1) is 11.3 Å². The van der Waals surface area contributed by atoms with Crippen LogP contribution in [0.15, 0.2) is 23.7 Å². The minimum absolute atomic E-state index is 0.0162. The number of hydrogen-bond acceptors (Lipinski definition) is 5. The first-order valence-corrected chi connectivity index (χ1v) is 10.6. The number of aliphatic hydroxyl groups excluding tert-OH is 1. The van der Waals surface area contributed by atoms with Crippen molar-refractivity contribution in [2.45, 2.75) is 57.6 Å². The number of rotatable bonds is 2. The van der Waals surface area contributed by atoms with Crippen molar-refractivity contribution < 1.29 is 23.1 Å². The number of alkyl halides is 3. The van der Waals surface area contributed by atoms with Gasteiger partial charge in [-0.25, -0.2) is 4.79 Å². The standard InChI is InChI=1S/C20H30F3N5O2/c1-12-8-25-17(9-24-12)26-18(30)28-11-19(5-6-27(10-19)13(2)29)15-7-14(20(21,22)23)3-4-16(15)28/h7,9,12-14,16,24-25,29H,3-6,8,10-11H2,1-2H3,(H,26,30)/t12?,13?,14?,16-,19?/m0/s1. The van der Waals surface area contributed by atoms with E-state index in [1.165, 1.54) is 6.08 Å². The van der Waals surface area contributed by atoms with Gasteiger partial charge in [0.1, 0.15) is 12.0 Å². The van der Waals surface area contributed by atoms with Crippen LogP contribution in [0.5, 0.6) is 0 Å². The maximum atomic E-state index is 13.5. The molecule has 5 atom stereocenters. The molecule has 168 valence electrons. The summed E-state index contributed by atoms with van der Waals surface area (Å²) in [5.74, 6) is -0.914. The van der Waals surface area contributed by atoms with Crippen LogP contribution in [0.3, 0.4) is 0 Å². The fourth-order valence-corrected chi connectivity index (χ4v) is 5.21. The third kappa shape index (κ3) is 3.87. The number of hydrogen-bond donors (Lipinski definition) is 4. The Morgan fingerprint density at radius 3 is 2.73 bits per heavy atom. The van der Waals surface area contributed by atoms with Gasteiger partial charge in [0.05, 0.1) is 12.0 Å². The van der Waals surface area contributed by atoms with Crippen LogP contribution in [-0.2, 0) is 0 Å². The average molecular weight is 429 g/mol. The minimum atomic E-state index is -4.28. The Balaban J connectivity index is 1.59. The average Bonchev–Trinajstić information content (AvgIpc) is 3.26. The number of fused-ring (bicyclic) bond motifs is 2. The highest BCUT2D eigenvalue weighted by Crippen LogP contribution is 2.52. The summed E-state index contributed by atoms with van der Waals surface area (Å²) >= 11 is 0. The Hall–Kier alpha value is -1.94. The van der Waals surface area contributed by atoms with Crippen LogP contribution < -0.4 is 16.0 Å². The number of halogens is 3. The van der Waals surface area contributed by atoms with E-state index in [-0.39, 0.29) is 24.5 Å². The number of nitrogens with zero attached hydrogens (tertiary/aromatic N) is 2. The Kier molecular flexibility index (Phi) is 5.42. The summed E-state index contributed by atoms with van der Waals surface area (Å²) in [4.78, 5) is 16.6. The molecule has 10 heteroatoms.